The van der Waals surface area contributed by atoms with Crippen LogP contribution in [0.1, 0.15) is 84.8 Å². The number of carbonyl (C=O) groups is 6. The van der Waals surface area contributed by atoms with Crippen LogP contribution >= 0.6 is 22.9 Å². The van der Waals surface area contributed by atoms with Gasteiger partial charge in [-0.05, 0) is 105 Å². The average molecular weight is 937 g/mol. The Morgan fingerprint density at radius 3 is 2.30 bits per heavy atom. The van der Waals surface area contributed by atoms with E-state index in [9.17, 15) is 28.8 Å². The number of hydrogen-bond acceptors (Lipinski definition) is 13. The van der Waals surface area contributed by atoms with E-state index >= 15 is 0 Å². The second kappa shape index (κ2) is 18.7. The fourth-order valence-electron chi connectivity index (χ4n) is 8.12. The van der Waals surface area contributed by atoms with Crippen LogP contribution in [-0.2, 0) is 25.6 Å². The maximum absolute atomic E-state index is 13.6. The van der Waals surface area contributed by atoms with E-state index in [1.165, 1.54) is 18.2 Å². The highest BCUT2D eigenvalue weighted by Gasteiger charge is 2.46. The summed E-state index contributed by atoms with van der Waals surface area (Å²) < 4.78 is 7.68. The van der Waals surface area contributed by atoms with E-state index in [-0.39, 0.29) is 42.0 Å². The van der Waals surface area contributed by atoms with Crippen LogP contribution in [0.4, 0.5) is 17.1 Å². The highest BCUT2D eigenvalue weighted by molar-refractivity contribution is 7.15. The lowest BCUT2D eigenvalue weighted by atomic mass is 9.99. The van der Waals surface area contributed by atoms with Crippen LogP contribution in [0.3, 0.4) is 0 Å². The van der Waals surface area contributed by atoms with Gasteiger partial charge in [0, 0.05) is 39.7 Å². The molecule has 3 N–H and O–H groups in total. The van der Waals surface area contributed by atoms with Crippen LogP contribution in [0, 0.1) is 20.8 Å². The second-order valence-electron chi connectivity index (χ2n) is 16.1. The Bertz CT molecular complexity index is 3050. The Morgan fingerprint density at radius 2 is 1.58 bits per heavy atom. The standard InChI is InChI=1S/C48H41ClN10O7S/c1-25-26(2)67-48-41(25)43(29-9-11-30(49)12-10-29)52-35(44-57-54-27(3)58(44)48)23-39(61)51-31-15-17-33(18-16-31)56-55-32-13-7-28(8-14-32)21-22-50-40(62)24-66-37-6-4-5-34-42(37)47(65)59(46(34)64)36-19-20-38(60)53-45(36)63/h4-18,35-36H,19-24H2,1-3H3,(H,50,62)(H,51,61)(H,53,60,63)/b56-55+/t35-,36?/m0/s1. The molecule has 5 heterocycles. The molecule has 17 nitrogen and oxygen atoms in total. The summed E-state index contributed by atoms with van der Waals surface area (Å²) in [5.41, 5.74) is 6.49. The predicted octanol–water partition coefficient (Wildman–Crippen LogP) is 7.38. The summed E-state index contributed by atoms with van der Waals surface area (Å²) in [4.78, 5) is 83.9. The van der Waals surface area contributed by atoms with Crippen LogP contribution < -0.4 is 20.7 Å². The number of halogens is 1. The topological polar surface area (TPSA) is 219 Å². The van der Waals surface area contributed by atoms with Crippen molar-refractivity contribution in [2.75, 3.05) is 18.5 Å². The molecule has 19 heteroatoms. The van der Waals surface area contributed by atoms with Crippen molar-refractivity contribution in [3.63, 3.8) is 0 Å². The number of fused-ring (bicyclic) bond motifs is 4. The first-order chi connectivity index (χ1) is 32.3. The number of anilines is 1. The summed E-state index contributed by atoms with van der Waals surface area (Å²) in [6, 6.07) is 24.7. The molecule has 1 saturated heterocycles. The zero-order chi connectivity index (χ0) is 46.9. The highest BCUT2D eigenvalue weighted by atomic mass is 35.5. The molecule has 0 radical (unpaired) electrons. The molecular weight excluding hydrogens is 896 g/mol. The third-order valence-electron chi connectivity index (χ3n) is 11.6. The number of benzene rings is 4. The number of ether oxygens (including phenoxy) is 1. The SMILES string of the molecule is Cc1sc2c(c1C)C(c1ccc(Cl)cc1)=N[C@@H](CC(=O)Nc1ccc(/N=N/c3ccc(CCNC(=O)COc4cccc5c4C(=O)N(C4CCC(=O)NC4=O)C5=O)cc3)cc1)c1nnc(C)n1-2. The maximum atomic E-state index is 13.6. The highest BCUT2D eigenvalue weighted by Crippen LogP contribution is 2.40. The molecule has 4 aromatic carbocycles. The lowest BCUT2D eigenvalue weighted by Gasteiger charge is -2.27. The lowest BCUT2D eigenvalue weighted by molar-refractivity contribution is -0.136. The summed E-state index contributed by atoms with van der Waals surface area (Å²) in [7, 11) is 0. The smallest absolute Gasteiger partial charge is 0.266 e. The van der Waals surface area contributed by atoms with Crippen molar-refractivity contribution >= 4 is 81.2 Å². The number of carbonyl (C=O) groups excluding carboxylic acids is 6. The van der Waals surface area contributed by atoms with Gasteiger partial charge in [0.1, 0.15) is 28.7 Å². The van der Waals surface area contributed by atoms with Crippen LogP contribution in [0.5, 0.6) is 5.75 Å². The van der Waals surface area contributed by atoms with E-state index in [0.29, 0.717) is 46.7 Å². The Hall–Kier alpha value is -7.70. The first kappa shape index (κ1) is 44.5. The molecule has 0 saturated carbocycles. The Balaban J connectivity index is 0.762. The monoisotopic (exact) mass is 936 g/mol. The zero-order valence-corrected chi connectivity index (χ0v) is 37.9. The van der Waals surface area contributed by atoms with Crippen LogP contribution in [0.25, 0.3) is 5.00 Å². The molecule has 0 aliphatic carbocycles. The number of azo groups is 1. The van der Waals surface area contributed by atoms with E-state index in [1.807, 2.05) is 60.0 Å². The number of nitrogens with zero attached hydrogens (tertiary/aromatic N) is 7. The molecule has 338 valence electrons. The number of piperidine rings is 1. The van der Waals surface area contributed by atoms with Gasteiger partial charge in [-0.25, -0.2) is 0 Å². The summed E-state index contributed by atoms with van der Waals surface area (Å²) >= 11 is 7.89. The molecule has 67 heavy (non-hydrogen) atoms. The van der Waals surface area contributed by atoms with Crippen molar-refractivity contribution in [3.05, 3.63) is 146 Å². The van der Waals surface area contributed by atoms with Gasteiger partial charge in [-0.1, -0.05) is 41.9 Å². The minimum Gasteiger partial charge on any atom is -0.483 e. The van der Waals surface area contributed by atoms with E-state index < -0.39 is 48.2 Å². The minimum absolute atomic E-state index is 0.00172. The Kier molecular flexibility index (Phi) is 12.4. The van der Waals surface area contributed by atoms with Gasteiger partial charge >= 0.3 is 0 Å². The number of imide groups is 2. The fraction of sp³-hybridized carbons (Fsp3) is 0.229. The number of aliphatic imine (C=N–C) groups is 1. The average Bonchev–Trinajstić information content (AvgIpc) is 3.89. The number of rotatable bonds is 13. The van der Waals surface area contributed by atoms with E-state index in [0.717, 1.165) is 42.7 Å². The maximum Gasteiger partial charge on any atom is 0.266 e. The zero-order valence-electron chi connectivity index (χ0n) is 36.3. The number of hydrogen-bond donors (Lipinski definition) is 3. The van der Waals surface area contributed by atoms with Crippen LogP contribution in [0.2, 0.25) is 5.02 Å². The number of nitrogens with one attached hydrogen (secondary N) is 3. The Morgan fingerprint density at radius 1 is 0.866 bits per heavy atom. The van der Waals surface area contributed by atoms with Crippen LogP contribution in [-0.4, -0.2) is 80.0 Å². The Labute approximate surface area is 392 Å². The molecule has 2 atom stereocenters. The first-order valence-corrected chi connectivity index (χ1v) is 22.5. The largest absolute Gasteiger partial charge is 0.483 e. The van der Waals surface area contributed by atoms with Crippen molar-refractivity contribution in [1.82, 2.24) is 30.3 Å². The van der Waals surface area contributed by atoms with Gasteiger partial charge < -0.3 is 15.4 Å². The third-order valence-corrected chi connectivity index (χ3v) is 13.1. The van der Waals surface area contributed by atoms with Crippen molar-refractivity contribution in [1.29, 1.82) is 0 Å². The summed E-state index contributed by atoms with van der Waals surface area (Å²) in [5.74, 6) is -1.91. The van der Waals surface area contributed by atoms with Crippen molar-refractivity contribution in [2.45, 2.75) is 58.5 Å². The molecule has 3 aliphatic heterocycles. The van der Waals surface area contributed by atoms with Gasteiger partial charge in [0.25, 0.3) is 17.7 Å². The van der Waals surface area contributed by atoms with Gasteiger partial charge in [-0.3, -0.25) is 48.5 Å². The van der Waals surface area contributed by atoms with Gasteiger partial charge in [-0.2, -0.15) is 10.2 Å². The number of amides is 6. The minimum atomic E-state index is -1.11. The van der Waals surface area contributed by atoms with Gasteiger partial charge in [0.2, 0.25) is 17.7 Å². The van der Waals surface area contributed by atoms with Gasteiger partial charge in [0.05, 0.1) is 34.6 Å². The van der Waals surface area contributed by atoms with E-state index in [2.05, 4.69) is 50.2 Å². The van der Waals surface area contributed by atoms with Crippen molar-refractivity contribution < 1.29 is 33.5 Å². The van der Waals surface area contributed by atoms with E-state index in [1.54, 1.807) is 35.6 Å². The number of aryl methyl sites for hydroxylation is 2. The molecule has 6 aromatic rings. The molecule has 2 aromatic heterocycles. The predicted molar refractivity (Wildman–Crippen MR) is 249 cm³/mol. The number of thiophene rings is 1. The summed E-state index contributed by atoms with van der Waals surface area (Å²) in [6.07, 6.45) is 0.565. The molecular formula is C48H41ClN10O7S. The fourth-order valence-corrected chi connectivity index (χ4v) is 9.46. The third kappa shape index (κ3) is 9.13. The lowest BCUT2D eigenvalue weighted by Crippen LogP contribution is -2.54. The van der Waals surface area contributed by atoms with Crippen LogP contribution in [0.15, 0.2) is 106 Å². The van der Waals surface area contributed by atoms with E-state index in [4.69, 9.17) is 21.3 Å². The van der Waals surface area contributed by atoms with Crippen molar-refractivity contribution in [2.24, 2.45) is 15.2 Å². The van der Waals surface area contributed by atoms with Crippen molar-refractivity contribution in [3.8, 4) is 10.8 Å². The quantitative estimate of drug-likeness (QED) is 0.0776. The van der Waals surface area contributed by atoms with Gasteiger partial charge in [0.15, 0.2) is 12.4 Å². The summed E-state index contributed by atoms with van der Waals surface area (Å²) in [5, 5.41) is 27.1. The molecule has 0 spiro atoms. The molecule has 3 aliphatic rings. The van der Waals surface area contributed by atoms with Gasteiger partial charge in [-0.15, -0.1) is 21.5 Å². The molecule has 9 rings (SSSR count). The first-order valence-electron chi connectivity index (χ1n) is 21.3. The molecule has 0 bridgehead atoms. The normalized spacial score (nSPS) is 16.5. The molecule has 6 amide bonds. The molecule has 1 unspecified atom stereocenters. The second-order valence-corrected chi connectivity index (χ2v) is 17.7. The summed E-state index contributed by atoms with van der Waals surface area (Å²) in [6.45, 7) is 5.95. The molecule has 1 fully saturated rings. The number of aromatic nitrogens is 3.